The molecule has 0 aromatic heterocycles. The van der Waals surface area contributed by atoms with Crippen molar-refractivity contribution in [1.29, 1.82) is 0 Å². The molecule has 2 aliphatic rings. The number of hydrogen-bond acceptors (Lipinski definition) is 1. The molecule has 0 atom stereocenters. The molecule has 0 radical (unpaired) electrons. The van der Waals surface area contributed by atoms with E-state index in [1.54, 1.807) is 12.1 Å². The number of amides is 1. The Labute approximate surface area is 74.9 Å². The largest absolute Gasteiger partial charge is 0.271 e. The van der Waals surface area contributed by atoms with Crippen LogP contribution in [0.3, 0.4) is 0 Å². The van der Waals surface area contributed by atoms with Crippen LogP contribution in [-0.4, -0.2) is 5.91 Å². The second-order valence-electron chi connectivity index (χ2n) is 3.69. The monoisotopic (exact) mass is 177 g/mol. The van der Waals surface area contributed by atoms with Crippen LogP contribution in [0.15, 0.2) is 24.3 Å². The lowest BCUT2D eigenvalue weighted by molar-refractivity contribution is -0.122. The molecule has 66 valence electrons. The Bertz CT molecular complexity index is 398. The predicted octanol–water partition coefficient (Wildman–Crippen LogP) is 1.95. The number of hydrogen-bond donors (Lipinski definition) is 0. The van der Waals surface area contributed by atoms with Gasteiger partial charge in [-0.15, -0.1) is 5.12 Å². The van der Waals surface area contributed by atoms with Crippen molar-refractivity contribution >= 4 is 11.6 Å². The molecule has 0 unspecified atom stereocenters. The quantitative estimate of drug-likeness (QED) is 0.554. The molecular formula is C10H8FNO. The Hall–Kier alpha value is -1.38. The van der Waals surface area contributed by atoms with Crippen LogP contribution < -0.4 is 5.12 Å². The summed E-state index contributed by atoms with van der Waals surface area (Å²) in [7, 11) is 0. The van der Waals surface area contributed by atoms with Crippen LogP contribution in [0.1, 0.15) is 18.4 Å². The highest BCUT2D eigenvalue weighted by atomic mass is 19.2. The summed E-state index contributed by atoms with van der Waals surface area (Å²) in [6.07, 6.45) is 1.59. The van der Waals surface area contributed by atoms with Gasteiger partial charge in [0.2, 0.25) is 0 Å². The lowest BCUT2D eigenvalue weighted by Gasteiger charge is -2.02. The van der Waals surface area contributed by atoms with Gasteiger partial charge in [0.25, 0.3) is 5.91 Å². The summed E-state index contributed by atoms with van der Waals surface area (Å²) in [6.45, 7) is 0. The Balaban J connectivity index is 2.27. The predicted molar refractivity (Wildman–Crippen MR) is 45.9 cm³/mol. The molecule has 3 heteroatoms. The first-order valence-electron chi connectivity index (χ1n) is 4.35. The van der Waals surface area contributed by atoms with E-state index in [0.717, 1.165) is 18.4 Å². The van der Waals surface area contributed by atoms with Gasteiger partial charge in [0.1, 0.15) is 0 Å². The van der Waals surface area contributed by atoms with Crippen LogP contribution in [-0.2, 0) is 10.2 Å². The van der Waals surface area contributed by atoms with Crippen molar-refractivity contribution in [2.75, 3.05) is 5.12 Å². The normalized spacial score (nSPS) is 22.2. The van der Waals surface area contributed by atoms with Crippen molar-refractivity contribution in [1.82, 2.24) is 0 Å². The van der Waals surface area contributed by atoms with E-state index >= 15 is 0 Å². The van der Waals surface area contributed by atoms with Crippen LogP contribution in [0.25, 0.3) is 0 Å². The number of fused-ring (bicyclic) bond motifs is 2. The number of carbonyl (C=O) groups excluding carboxylic acids is 1. The second-order valence-corrected chi connectivity index (χ2v) is 3.69. The van der Waals surface area contributed by atoms with E-state index in [0.29, 0.717) is 10.8 Å². The van der Waals surface area contributed by atoms with Crippen molar-refractivity contribution in [3.05, 3.63) is 29.8 Å². The molecule has 0 saturated heterocycles. The van der Waals surface area contributed by atoms with Gasteiger partial charge in [-0.1, -0.05) is 22.7 Å². The molecule has 1 saturated carbocycles. The van der Waals surface area contributed by atoms with Gasteiger partial charge in [-0.2, -0.15) is 0 Å². The molecule has 3 rings (SSSR count). The lowest BCUT2D eigenvalue weighted by Crippen LogP contribution is -2.24. The number of anilines is 1. The summed E-state index contributed by atoms with van der Waals surface area (Å²) in [5.74, 6) is -0.381. The minimum absolute atomic E-state index is 0.294. The third-order valence-corrected chi connectivity index (χ3v) is 2.97. The van der Waals surface area contributed by atoms with E-state index in [4.69, 9.17) is 0 Å². The molecule has 1 heterocycles. The summed E-state index contributed by atoms with van der Waals surface area (Å²) >= 11 is 0. The molecule has 0 bridgehead atoms. The summed E-state index contributed by atoms with van der Waals surface area (Å²) in [5.41, 5.74) is 0.818. The van der Waals surface area contributed by atoms with E-state index in [1.807, 2.05) is 12.1 Å². The fourth-order valence-electron chi connectivity index (χ4n) is 2.07. The van der Waals surface area contributed by atoms with E-state index in [9.17, 15) is 9.28 Å². The molecular weight excluding hydrogens is 169 g/mol. The standard InChI is InChI=1S/C10H8FNO/c11-12-8-4-2-1-3-7(8)10(5-6-10)9(12)13/h1-4H,5-6H2. The zero-order valence-corrected chi connectivity index (χ0v) is 6.96. The number of para-hydroxylation sites is 1. The minimum atomic E-state index is -0.481. The molecule has 1 amide bonds. The molecule has 1 aliphatic carbocycles. The maximum Gasteiger partial charge on any atom is 0.265 e. The number of carbonyl (C=O) groups is 1. The average Bonchev–Trinajstić information content (AvgIpc) is 2.93. The molecule has 1 aliphatic heterocycles. The Morgan fingerprint density at radius 3 is 2.69 bits per heavy atom. The van der Waals surface area contributed by atoms with E-state index in [-0.39, 0.29) is 5.91 Å². The highest BCUT2D eigenvalue weighted by molar-refractivity contribution is 6.08. The molecule has 1 aromatic rings. The molecule has 0 N–H and O–H groups in total. The van der Waals surface area contributed by atoms with Gasteiger partial charge in [-0.05, 0) is 24.5 Å². The van der Waals surface area contributed by atoms with Crippen LogP contribution in [0.2, 0.25) is 0 Å². The number of nitrogens with zero attached hydrogens (tertiary/aromatic N) is 1. The SMILES string of the molecule is O=C1N(F)c2ccccc2C12CC2. The number of rotatable bonds is 0. The fourth-order valence-corrected chi connectivity index (χ4v) is 2.07. The van der Waals surface area contributed by atoms with E-state index in [2.05, 4.69) is 0 Å². The Morgan fingerprint density at radius 1 is 1.31 bits per heavy atom. The average molecular weight is 177 g/mol. The fraction of sp³-hybridized carbons (Fsp3) is 0.300. The summed E-state index contributed by atoms with van der Waals surface area (Å²) in [5, 5.41) is 0.294. The lowest BCUT2D eigenvalue weighted by atomic mass is 9.98. The smallest absolute Gasteiger partial charge is 0.265 e. The zero-order chi connectivity index (χ0) is 9.05. The van der Waals surface area contributed by atoms with Crippen molar-refractivity contribution in [2.24, 2.45) is 0 Å². The van der Waals surface area contributed by atoms with Crippen LogP contribution in [0.4, 0.5) is 10.2 Å². The first-order valence-corrected chi connectivity index (χ1v) is 4.35. The van der Waals surface area contributed by atoms with Gasteiger partial charge in [0, 0.05) is 0 Å². The first-order chi connectivity index (χ1) is 6.26. The zero-order valence-electron chi connectivity index (χ0n) is 6.96. The van der Waals surface area contributed by atoms with Crippen molar-refractivity contribution in [3.63, 3.8) is 0 Å². The van der Waals surface area contributed by atoms with Crippen LogP contribution in [0, 0.1) is 0 Å². The van der Waals surface area contributed by atoms with Gasteiger partial charge in [0.05, 0.1) is 11.1 Å². The minimum Gasteiger partial charge on any atom is -0.271 e. The topological polar surface area (TPSA) is 20.3 Å². The maximum absolute atomic E-state index is 13.3. The van der Waals surface area contributed by atoms with Gasteiger partial charge >= 0.3 is 0 Å². The molecule has 2 nitrogen and oxygen atoms in total. The van der Waals surface area contributed by atoms with Gasteiger partial charge in [0.15, 0.2) is 0 Å². The molecule has 13 heavy (non-hydrogen) atoms. The highest BCUT2D eigenvalue weighted by Gasteiger charge is 2.59. The molecule has 1 fully saturated rings. The Morgan fingerprint density at radius 2 is 2.00 bits per heavy atom. The third kappa shape index (κ3) is 0.658. The number of benzene rings is 1. The second kappa shape index (κ2) is 1.92. The van der Waals surface area contributed by atoms with E-state index < -0.39 is 5.41 Å². The van der Waals surface area contributed by atoms with Crippen LogP contribution >= 0.6 is 0 Å². The van der Waals surface area contributed by atoms with Crippen molar-refractivity contribution in [3.8, 4) is 0 Å². The van der Waals surface area contributed by atoms with Gasteiger partial charge in [-0.25, -0.2) is 0 Å². The van der Waals surface area contributed by atoms with Crippen molar-refractivity contribution < 1.29 is 9.28 Å². The number of halogens is 1. The summed E-state index contributed by atoms with van der Waals surface area (Å²) in [6, 6.07) is 7.10. The van der Waals surface area contributed by atoms with Crippen LogP contribution in [0.5, 0.6) is 0 Å². The van der Waals surface area contributed by atoms with Crippen molar-refractivity contribution in [2.45, 2.75) is 18.3 Å². The summed E-state index contributed by atoms with van der Waals surface area (Å²) in [4.78, 5) is 11.5. The summed E-state index contributed by atoms with van der Waals surface area (Å²) < 4.78 is 13.3. The first kappa shape index (κ1) is 7.06. The third-order valence-electron chi connectivity index (χ3n) is 2.97. The maximum atomic E-state index is 13.3. The van der Waals surface area contributed by atoms with E-state index in [1.165, 1.54) is 0 Å². The molecule has 1 aromatic carbocycles. The van der Waals surface area contributed by atoms with Gasteiger partial charge in [-0.3, -0.25) is 4.79 Å². The Kier molecular flexibility index (Phi) is 1.04. The van der Waals surface area contributed by atoms with Gasteiger partial charge < -0.3 is 0 Å². The molecule has 1 spiro atoms. The highest BCUT2D eigenvalue weighted by Crippen LogP contribution is 2.57.